The fourth-order valence-electron chi connectivity index (χ4n) is 0.778. The van der Waals surface area contributed by atoms with Gasteiger partial charge in [0.05, 0.1) is 13.4 Å². The lowest BCUT2D eigenvalue weighted by Gasteiger charge is -1.97. The second kappa shape index (κ2) is 4.53. The molecule has 0 saturated carbocycles. The van der Waals surface area contributed by atoms with Gasteiger partial charge in [-0.3, -0.25) is 0 Å². The molecule has 1 aromatic carbocycles. The SMILES string of the molecule is CO/C=C/c1ccc(Br)cc1Cl. The lowest BCUT2D eigenvalue weighted by molar-refractivity contribution is 0.341. The van der Waals surface area contributed by atoms with Crippen LogP contribution in [0.2, 0.25) is 5.02 Å². The Hall–Kier alpha value is -0.470. The minimum absolute atomic E-state index is 0.706. The molecule has 0 N–H and O–H groups in total. The van der Waals surface area contributed by atoms with E-state index in [0.29, 0.717) is 5.02 Å². The van der Waals surface area contributed by atoms with Crippen molar-refractivity contribution in [1.82, 2.24) is 0 Å². The molecule has 0 aliphatic rings. The highest BCUT2D eigenvalue weighted by Crippen LogP contribution is 2.22. The van der Waals surface area contributed by atoms with E-state index >= 15 is 0 Å². The first-order chi connectivity index (χ1) is 5.74. The molecule has 0 radical (unpaired) electrons. The largest absolute Gasteiger partial charge is 0.504 e. The molecule has 0 atom stereocenters. The summed E-state index contributed by atoms with van der Waals surface area (Å²) in [6, 6.07) is 5.69. The van der Waals surface area contributed by atoms with Crippen LogP contribution in [-0.4, -0.2) is 7.11 Å². The van der Waals surface area contributed by atoms with Gasteiger partial charge in [-0.15, -0.1) is 0 Å². The Morgan fingerprint density at radius 1 is 1.50 bits per heavy atom. The summed E-state index contributed by atoms with van der Waals surface area (Å²) in [7, 11) is 1.60. The van der Waals surface area contributed by atoms with Crippen LogP contribution in [0, 0.1) is 0 Å². The molecule has 64 valence electrons. The molecule has 0 saturated heterocycles. The van der Waals surface area contributed by atoms with Crippen LogP contribution in [0.3, 0.4) is 0 Å². The highest BCUT2D eigenvalue weighted by atomic mass is 79.9. The average molecular weight is 248 g/mol. The number of rotatable bonds is 2. The first-order valence-corrected chi connectivity index (χ1v) is 4.55. The molecule has 0 heterocycles. The van der Waals surface area contributed by atoms with Gasteiger partial charge in [-0.05, 0) is 23.8 Å². The lowest BCUT2D eigenvalue weighted by atomic mass is 10.2. The summed E-state index contributed by atoms with van der Waals surface area (Å²) in [6.45, 7) is 0. The van der Waals surface area contributed by atoms with Crippen LogP contribution in [-0.2, 0) is 4.74 Å². The third-order valence-electron chi connectivity index (χ3n) is 1.35. The summed E-state index contributed by atoms with van der Waals surface area (Å²) in [6.07, 6.45) is 3.41. The molecule has 0 aliphatic carbocycles. The second-order valence-electron chi connectivity index (χ2n) is 2.20. The molecule has 1 nitrogen and oxygen atoms in total. The van der Waals surface area contributed by atoms with Crippen molar-refractivity contribution in [3.8, 4) is 0 Å². The van der Waals surface area contributed by atoms with Crippen molar-refractivity contribution in [2.45, 2.75) is 0 Å². The van der Waals surface area contributed by atoms with E-state index < -0.39 is 0 Å². The molecule has 0 aliphatic heterocycles. The summed E-state index contributed by atoms with van der Waals surface area (Å²) < 4.78 is 5.75. The number of methoxy groups -OCH3 is 1. The van der Waals surface area contributed by atoms with Gasteiger partial charge >= 0.3 is 0 Å². The average Bonchev–Trinajstić information content (AvgIpc) is 2.03. The third-order valence-corrected chi connectivity index (χ3v) is 2.17. The molecule has 0 fully saturated rings. The Kier molecular flexibility index (Phi) is 3.63. The van der Waals surface area contributed by atoms with Crippen molar-refractivity contribution in [2.24, 2.45) is 0 Å². The topological polar surface area (TPSA) is 9.23 Å². The minimum atomic E-state index is 0.706. The van der Waals surface area contributed by atoms with Crippen molar-refractivity contribution in [1.29, 1.82) is 0 Å². The fraction of sp³-hybridized carbons (Fsp3) is 0.111. The lowest BCUT2D eigenvalue weighted by Crippen LogP contribution is -1.75. The Labute approximate surface area is 85.1 Å². The Bertz CT molecular complexity index is 297. The normalized spacial score (nSPS) is 10.6. The smallest absolute Gasteiger partial charge is 0.0831 e. The molecule has 3 heteroatoms. The van der Waals surface area contributed by atoms with Crippen LogP contribution in [0.1, 0.15) is 5.56 Å². The van der Waals surface area contributed by atoms with Crippen LogP contribution in [0.5, 0.6) is 0 Å². The van der Waals surface area contributed by atoms with Gasteiger partial charge in [-0.25, -0.2) is 0 Å². The molecule has 0 bridgehead atoms. The molecule has 12 heavy (non-hydrogen) atoms. The Balaban J connectivity index is 2.94. The number of hydrogen-bond donors (Lipinski definition) is 0. The molecule has 0 unspecified atom stereocenters. The quantitative estimate of drug-likeness (QED) is 0.724. The zero-order chi connectivity index (χ0) is 8.97. The maximum atomic E-state index is 5.93. The van der Waals surface area contributed by atoms with Crippen LogP contribution in [0.25, 0.3) is 6.08 Å². The van der Waals surface area contributed by atoms with E-state index in [4.69, 9.17) is 16.3 Å². The molecule has 0 spiro atoms. The molecular weight excluding hydrogens is 239 g/mol. The van der Waals surface area contributed by atoms with Crippen molar-refractivity contribution >= 4 is 33.6 Å². The van der Waals surface area contributed by atoms with Gasteiger partial charge in [0.25, 0.3) is 0 Å². The Morgan fingerprint density at radius 2 is 2.25 bits per heavy atom. The zero-order valence-corrected chi connectivity index (χ0v) is 8.89. The van der Waals surface area contributed by atoms with E-state index in [2.05, 4.69) is 15.9 Å². The molecule has 1 aromatic rings. The van der Waals surface area contributed by atoms with Gasteiger partial charge in [0.15, 0.2) is 0 Å². The van der Waals surface area contributed by atoms with Crippen LogP contribution in [0.15, 0.2) is 28.9 Å². The molecule has 0 aromatic heterocycles. The van der Waals surface area contributed by atoms with E-state index in [1.54, 1.807) is 13.4 Å². The maximum absolute atomic E-state index is 5.93. The maximum Gasteiger partial charge on any atom is 0.0831 e. The molecule has 1 rings (SSSR count). The van der Waals surface area contributed by atoms with Crippen LogP contribution in [0.4, 0.5) is 0 Å². The van der Waals surface area contributed by atoms with Crippen molar-refractivity contribution in [3.63, 3.8) is 0 Å². The van der Waals surface area contributed by atoms with E-state index in [1.807, 2.05) is 24.3 Å². The summed E-state index contributed by atoms with van der Waals surface area (Å²) in [5.41, 5.74) is 0.946. The van der Waals surface area contributed by atoms with E-state index in [-0.39, 0.29) is 0 Å². The van der Waals surface area contributed by atoms with E-state index in [9.17, 15) is 0 Å². The van der Waals surface area contributed by atoms with Gasteiger partial charge < -0.3 is 4.74 Å². The summed E-state index contributed by atoms with van der Waals surface area (Å²) in [5, 5.41) is 0.706. The van der Waals surface area contributed by atoms with Crippen LogP contribution < -0.4 is 0 Å². The number of benzene rings is 1. The van der Waals surface area contributed by atoms with Gasteiger partial charge in [-0.2, -0.15) is 0 Å². The first-order valence-electron chi connectivity index (χ1n) is 3.38. The van der Waals surface area contributed by atoms with E-state index in [1.165, 1.54) is 0 Å². The summed E-state index contributed by atoms with van der Waals surface area (Å²) >= 11 is 9.25. The summed E-state index contributed by atoms with van der Waals surface area (Å²) in [5.74, 6) is 0. The highest BCUT2D eigenvalue weighted by molar-refractivity contribution is 9.10. The van der Waals surface area contributed by atoms with Crippen molar-refractivity contribution in [3.05, 3.63) is 39.5 Å². The predicted octanol–water partition coefficient (Wildman–Crippen LogP) is 3.72. The molecule has 0 amide bonds. The second-order valence-corrected chi connectivity index (χ2v) is 3.53. The standard InChI is InChI=1S/C9H8BrClO/c1-12-5-4-7-2-3-8(10)6-9(7)11/h2-6H,1H3/b5-4+. The predicted molar refractivity (Wildman–Crippen MR) is 55.2 cm³/mol. The zero-order valence-electron chi connectivity index (χ0n) is 6.55. The van der Waals surface area contributed by atoms with Crippen molar-refractivity contribution < 1.29 is 4.74 Å². The minimum Gasteiger partial charge on any atom is -0.504 e. The fourth-order valence-corrected chi connectivity index (χ4v) is 1.51. The monoisotopic (exact) mass is 246 g/mol. The molecular formula is C9H8BrClO. The number of ether oxygens (including phenoxy) is 1. The van der Waals surface area contributed by atoms with Crippen molar-refractivity contribution in [2.75, 3.05) is 7.11 Å². The van der Waals surface area contributed by atoms with Gasteiger partial charge in [0, 0.05) is 9.50 Å². The van der Waals surface area contributed by atoms with Gasteiger partial charge in [0.1, 0.15) is 0 Å². The van der Waals surface area contributed by atoms with Gasteiger partial charge in [-0.1, -0.05) is 33.6 Å². The van der Waals surface area contributed by atoms with E-state index in [0.717, 1.165) is 10.0 Å². The summed E-state index contributed by atoms with van der Waals surface area (Å²) in [4.78, 5) is 0. The Morgan fingerprint density at radius 3 is 2.83 bits per heavy atom. The third kappa shape index (κ3) is 2.54. The first kappa shape index (κ1) is 9.62. The van der Waals surface area contributed by atoms with Gasteiger partial charge in [0.2, 0.25) is 0 Å². The highest BCUT2D eigenvalue weighted by Gasteiger charge is 1.95. The number of hydrogen-bond acceptors (Lipinski definition) is 1. The number of halogens is 2. The van der Waals surface area contributed by atoms with Crippen LogP contribution >= 0.6 is 27.5 Å².